The maximum absolute atomic E-state index is 12.4. The Bertz CT molecular complexity index is 1200. The molecule has 2 heterocycles. The SMILES string of the molecule is O=S(=O)(Cc1nc(-c2ccc(OCc3ccccc3)cc2)no1)c1ccc(Cl)s1. The van der Waals surface area contributed by atoms with E-state index in [0.717, 1.165) is 16.9 Å². The Morgan fingerprint density at radius 3 is 2.45 bits per heavy atom. The van der Waals surface area contributed by atoms with Crippen LogP contribution in [0, 0.1) is 0 Å². The topological polar surface area (TPSA) is 82.3 Å². The molecular weight excluding hydrogens is 432 g/mol. The van der Waals surface area contributed by atoms with Gasteiger partial charge in [0.25, 0.3) is 0 Å². The molecule has 0 spiro atoms. The fourth-order valence-electron chi connectivity index (χ4n) is 2.57. The van der Waals surface area contributed by atoms with Crippen LogP contribution >= 0.6 is 22.9 Å². The van der Waals surface area contributed by atoms with Crippen LogP contribution in [0.25, 0.3) is 11.4 Å². The Morgan fingerprint density at radius 2 is 1.76 bits per heavy atom. The van der Waals surface area contributed by atoms with Crippen molar-refractivity contribution in [1.29, 1.82) is 0 Å². The number of sulfone groups is 1. The minimum atomic E-state index is -3.58. The van der Waals surface area contributed by atoms with E-state index < -0.39 is 9.84 Å². The van der Waals surface area contributed by atoms with Gasteiger partial charge in [-0.15, -0.1) is 11.3 Å². The van der Waals surface area contributed by atoms with Crippen molar-refractivity contribution in [3.63, 3.8) is 0 Å². The van der Waals surface area contributed by atoms with Crippen LogP contribution in [-0.4, -0.2) is 18.6 Å². The molecule has 0 amide bonds. The van der Waals surface area contributed by atoms with Gasteiger partial charge in [-0.2, -0.15) is 4.98 Å². The van der Waals surface area contributed by atoms with Crippen LogP contribution in [0.3, 0.4) is 0 Å². The summed E-state index contributed by atoms with van der Waals surface area (Å²) in [4.78, 5) is 4.20. The Labute approximate surface area is 176 Å². The number of aromatic nitrogens is 2. The largest absolute Gasteiger partial charge is 0.489 e. The Hall–Kier alpha value is -2.68. The van der Waals surface area contributed by atoms with Crippen LogP contribution in [0.5, 0.6) is 5.75 Å². The zero-order chi connectivity index (χ0) is 20.3. The summed E-state index contributed by atoms with van der Waals surface area (Å²) in [5.41, 5.74) is 1.77. The lowest BCUT2D eigenvalue weighted by atomic mass is 10.2. The van der Waals surface area contributed by atoms with E-state index in [2.05, 4.69) is 10.1 Å². The Morgan fingerprint density at radius 1 is 1.00 bits per heavy atom. The fraction of sp³-hybridized carbons (Fsp3) is 0.100. The molecule has 148 valence electrons. The van der Waals surface area contributed by atoms with Crippen LogP contribution < -0.4 is 4.74 Å². The highest BCUT2D eigenvalue weighted by atomic mass is 35.5. The molecule has 0 aliphatic heterocycles. The van der Waals surface area contributed by atoms with Crippen molar-refractivity contribution in [2.75, 3.05) is 0 Å². The molecule has 2 aromatic heterocycles. The number of hydrogen-bond acceptors (Lipinski definition) is 7. The molecule has 0 aliphatic carbocycles. The first kappa shape index (κ1) is 19.6. The van der Waals surface area contributed by atoms with Gasteiger partial charge in [0.2, 0.25) is 11.7 Å². The molecule has 0 unspecified atom stereocenters. The lowest BCUT2D eigenvalue weighted by molar-refractivity contribution is 0.306. The van der Waals surface area contributed by atoms with Gasteiger partial charge in [0, 0.05) is 5.56 Å². The van der Waals surface area contributed by atoms with E-state index in [1.807, 2.05) is 30.3 Å². The highest BCUT2D eigenvalue weighted by molar-refractivity contribution is 7.92. The molecular formula is C20H15ClN2O4S2. The fourth-order valence-corrected chi connectivity index (χ4v) is 5.30. The van der Waals surface area contributed by atoms with Crippen molar-refractivity contribution in [2.24, 2.45) is 0 Å². The van der Waals surface area contributed by atoms with Gasteiger partial charge < -0.3 is 9.26 Å². The van der Waals surface area contributed by atoms with Gasteiger partial charge in [0.05, 0.1) is 4.34 Å². The number of ether oxygens (including phenoxy) is 1. The normalized spacial score (nSPS) is 11.5. The van der Waals surface area contributed by atoms with Crippen molar-refractivity contribution in [1.82, 2.24) is 10.1 Å². The maximum Gasteiger partial charge on any atom is 0.242 e. The van der Waals surface area contributed by atoms with Crippen molar-refractivity contribution in [3.05, 3.63) is 82.5 Å². The monoisotopic (exact) mass is 446 g/mol. The number of hydrogen-bond donors (Lipinski definition) is 0. The highest BCUT2D eigenvalue weighted by Crippen LogP contribution is 2.28. The summed E-state index contributed by atoms with van der Waals surface area (Å²) >= 11 is 6.81. The summed E-state index contributed by atoms with van der Waals surface area (Å²) in [6.07, 6.45) is 0. The molecule has 0 saturated carbocycles. The first-order valence-electron chi connectivity index (χ1n) is 8.57. The van der Waals surface area contributed by atoms with Gasteiger partial charge >= 0.3 is 0 Å². The molecule has 29 heavy (non-hydrogen) atoms. The van der Waals surface area contributed by atoms with Crippen LogP contribution in [0.4, 0.5) is 0 Å². The number of benzene rings is 2. The summed E-state index contributed by atoms with van der Waals surface area (Å²) in [6.45, 7) is 0.469. The minimum absolute atomic E-state index is 0.0222. The second-order valence-electron chi connectivity index (χ2n) is 6.13. The summed E-state index contributed by atoms with van der Waals surface area (Å²) < 4.78 is 36.2. The molecule has 6 nitrogen and oxygen atoms in total. The van der Waals surface area contributed by atoms with Gasteiger partial charge in [-0.1, -0.05) is 47.1 Å². The number of thiophene rings is 1. The molecule has 4 rings (SSSR count). The van der Waals surface area contributed by atoms with Crippen molar-refractivity contribution >= 4 is 32.8 Å². The quantitative estimate of drug-likeness (QED) is 0.397. The van der Waals surface area contributed by atoms with Crippen LogP contribution in [0.2, 0.25) is 4.34 Å². The first-order valence-corrected chi connectivity index (χ1v) is 11.4. The van der Waals surface area contributed by atoms with E-state index in [1.54, 1.807) is 30.3 Å². The molecule has 4 aromatic rings. The molecule has 9 heteroatoms. The third-order valence-corrected chi connectivity index (χ3v) is 7.41. The number of rotatable bonds is 7. The third-order valence-electron chi connectivity index (χ3n) is 4.00. The summed E-state index contributed by atoms with van der Waals surface area (Å²) in [6, 6.07) is 20.1. The van der Waals surface area contributed by atoms with E-state index in [-0.39, 0.29) is 15.9 Å². The lowest BCUT2D eigenvalue weighted by Crippen LogP contribution is -2.03. The molecule has 2 aromatic carbocycles. The maximum atomic E-state index is 12.4. The van der Waals surface area contributed by atoms with E-state index in [0.29, 0.717) is 28.1 Å². The van der Waals surface area contributed by atoms with E-state index in [9.17, 15) is 8.42 Å². The zero-order valence-electron chi connectivity index (χ0n) is 15.0. The molecule has 0 saturated heterocycles. The van der Waals surface area contributed by atoms with Crippen molar-refractivity contribution < 1.29 is 17.7 Å². The molecule has 0 radical (unpaired) electrons. The van der Waals surface area contributed by atoms with Gasteiger partial charge in [-0.3, -0.25) is 0 Å². The van der Waals surface area contributed by atoms with Crippen molar-refractivity contribution in [2.45, 2.75) is 16.6 Å². The zero-order valence-corrected chi connectivity index (χ0v) is 17.4. The summed E-state index contributed by atoms with van der Waals surface area (Å²) in [5.74, 6) is 0.663. The van der Waals surface area contributed by atoms with Crippen molar-refractivity contribution in [3.8, 4) is 17.1 Å². The van der Waals surface area contributed by atoms with Gasteiger partial charge in [-0.05, 0) is 42.0 Å². The Balaban J connectivity index is 1.42. The minimum Gasteiger partial charge on any atom is -0.489 e. The molecule has 0 bridgehead atoms. The van der Waals surface area contributed by atoms with Crippen LogP contribution in [-0.2, 0) is 22.2 Å². The summed E-state index contributed by atoms with van der Waals surface area (Å²) in [7, 11) is -3.58. The number of halogens is 1. The average Bonchev–Trinajstić information content (AvgIpc) is 3.37. The van der Waals surface area contributed by atoms with Gasteiger partial charge in [0.15, 0.2) is 9.84 Å². The predicted molar refractivity (Wildman–Crippen MR) is 111 cm³/mol. The summed E-state index contributed by atoms with van der Waals surface area (Å²) in [5, 5.41) is 3.88. The second-order valence-corrected chi connectivity index (χ2v) is 10.1. The Kier molecular flexibility index (Phi) is 5.66. The van der Waals surface area contributed by atoms with Gasteiger partial charge in [0.1, 0.15) is 22.3 Å². The molecule has 0 aliphatic rings. The van der Waals surface area contributed by atoms with E-state index >= 15 is 0 Å². The van der Waals surface area contributed by atoms with E-state index in [1.165, 1.54) is 6.07 Å². The average molecular weight is 447 g/mol. The molecule has 0 atom stereocenters. The second kappa shape index (κ2) is 8.36. The third kappa shape index (κ3) is 4.84. The lowest BCUT2D eigenvalue weighted by Gasteiger charge is -2.06. The van der Waals surface area contributed by atoms with Crippen LogP contribution in [0.15, 0.2) is 75.5 Å². The van der Waals surface area contributed by atoms with E-state index in [4.69, 9.17) is 20.9 Å². The number of nitrogens with zero attached hydrogens (tertiary/aromatic N) is 2. The highest BCUT2D eigenvalue weighted by Gasteiger charge is 2.22. The predicted octanol–water partition coefficient (Wildman–Crippen LogP) is 5.00. The smallest absolute Gasteiger partial charge is 0.242 e. The molecule has 0 N–H and O–H groups in total. The van der Waals surface area contributed by atoms with Gasteiger partial charge in [-0.25, -0.2) is 8.42 Å². The first-order chi connectivity index (χ1) is 14.0. The molecule has 0 fully saturated rings. The standard InChI is InChI=1S/C20H15ClN2O4S2/c21-17-10-11-19(28-17)29(24,25)13-18-22-20(23-27-18)15-6-8-16(9-7-15)26-12-14-4-2-1-3-5-14/h1-11H,12-13H2. The van der Waals surface area contributed by atoms with Crippen LogP contribution in [0.1, 0.15) is 11.5 Å².